The molecule has 1 aromatic heterocycles. The minimum Gasteiger partial charge on any atom is -0.475 e. The van der Waals surface area contributed by atoms with Crippen molar-refractivity contribution in [2.24, 2.45) is 0 Å². The molecule has 0 spiro atoms. The maximum absolute atomic E-state index is 5.45. The molecule has 0 radical (unpaired) electrons. The van der Waals surface area contributed by atoms with Crippen molar-refractivity contribution in [1.29, 1.82) is 0 Å². The van der Waals surface area contributed by atoms with Crippen LogP contribution < -0.4 is 10.1 Å². The van der Waals surface area contributed by atoms with Crippen LogP contribution in [0.5, 0.6) is 5.75 Å². The molecule has 60 valence electrons. The van der Waals surface area contributed by atoms with Crippen LogP contribution >= 0.6 is 11.6 Å². The lowest BCUT2D eigenvalue weighted by atomic mass is 10.6. The van der Waals surface area contributed by atoms with Crippen molar-refractivity contribution in [2.75, 3.05) is 13.8 Å². The fraction of sp³-hybridized carbons (Fsp3) is 0.333. The maximum Gasteiger partial charge on any atom is 0.222 e. The van der Waals surface area contributed by atoms with E-state index in [1.54, 1.807) is 7.05 Å². The molecule has 4 nitrogen and oxygen atoms in total. The maximum atomic E-state index is 5.45. The summed E-state index contributed by atoms with van der Waals surface area (Å²) in [6, 6.07) is 0. The number of rotatable bonds is 3. The minimum absolute atomic E-state index is 0.224. The van der Waals surface area contributed by atoms with Gasteiger partial charge in [-0.3, -0.25) is 5.32 Å². The first-order valence-corrected chi connectivity index (χ1v) is 3.45. The molecule has 0 unspecified atom stereocenters. The molecular weight excluding hydrogens is 166 g/mol. The second-order valence-corrected chi connectivity index (χ2v) is 2.17. The summed E-state index contributed by atoms with van der Waals surface area (Å²) in [6.07, 6.45) is 3.04. The van der Waals surface area contributed by atoms with Crippen LogP contribution in [-0.4, -0.2) is 23.7 Å². The summed E-state index contributed by atoms with van der Waals surface area (Å²) < 4.78 is 5.12. The second kappa shape index (κ2) is 4.10. The molecule has 0 aliphatic heterocycles. The zero-order valence-electron chi connectivity index (χ0n) is 6.04. The highest BCUT2D eigenvalue weighted by molar-refractivity contribution is 6.28. The van der Waals surface area contributed by atoms with Crippen LogP contribution in [0.25, 0.3) is 0 Å². The zero-order valence-corrected chi connectivity index (χ0v) is 6.80. The Labute approximate surface area is 69.6 Å². The van der Waals surface area contributed by atoms with Gasteiger partial charge in [-0.15, -0.1) is 0 Å². The summed E-state index contributed by atoms with van der Waals surface area (Å²) in [5, 5.41) is 3.04. The van der Waals surface area contributed by atoms with Crippen LogP contribution in [0.3, 0.4) is 0 Å². The fourth-order valence-corrected chi connectivity index (χ4v) is 0.628. The Bertz CT molecular complexity index is 214. The highest BCUT2D eigenvalue weighted by Crippen LogP contribution is 2.07. The van der Waals surface area contributed by atoms with Crippen molar-refractivity contribution in [3.63, 3.8) is 0 Å². The number of ether oxygens (including phenoxy) is 1. The highest BCUT2D eigenvalue weighted by atomic mass is 35.5. The Morgan fingerprint density at radius 3 is 2.73 bits per heavy atom. The number of hydrogen-bond acceptors (Lipinski definition) is 4. The summed E-state index contributed by atoms with van der Waals surface area (Å²) in [5.74, 6) is 0.601. The van der Waals surface area contributed by atoms with Crippen molar-refractivity contribution in [2.45, 2.75) is 0 Å². The smallest absolute Gasteiger partial charge is 0.222 e. The first-order chi connectivity index (χ1) is 5.33. The molecule has 11 heavy (non-hydrogen) atoms. The first kappa shape index (κ1) is 8.23. The van der Waals surface area contributed by atoms with E-state index in [0.29, 0.717) is 12.5 Å². The van der Waals surface area contributed by atoms with Gasteiger partial charge in [0.05, 0.1) is 12.4 Å². The number of hydrogen-bond donors (Lipinski definition) is 1. The summed E-state index contributed by atoms with van der Waals surface area (Å²) in [5.41, 5.74) is 0. The van der Waals surface area contributed by atoms with Gasteiger partial charge in [0, 0.05) is 0 Å². The molecule has 0 amide bonds. The third-order valence-corrected chi connectivity index (χ3v) is 1.17. The molecule has 0 aromatic carbocycles. The monoisotopic (exact) mass is 173 g/mol. The van der Waals surface area contributed by atoms with Crippen LogP contribution in [0.1, 0.15) is 0 Å². The third kappa shape index (κ3) is 2.69. The molecule has 1 aromatic rings. The van der Waals surface area contributed by atoms with Crippen molar-refractivity contribution >= 4 is 11.6 Å². The Kier molecular flexibility index (Phi) is 3.07. The standard InChI is InChI=1S/C6H8ClN3O/c1-8-4-11-5-2-9-6(7)10-3-5/h2-3,8H,4H2,1H3. The lowest BCUT2D eigenvalue weighted by molar-refractivity contribution is 0.293. The molecule has 0 aliphatic rings. The van der Waals surface area contributed by atoms with Gasteiger partial charge in [-0.05, 0) is 18.6 Å². The van der Waals surface area contributed by atoms with E-state index in [2.05, 4.69) is 15.3 Å². The quantitative estimate of drug-likeness (QED) is 0.540. The van der Waals surface area contributed by atoms with Crippen LogP contribution in [0.15, 0.2) is 12.4 Å². The molecular formula is C6H8ClN3O. The Morgan fingerprint density at radius 2 is 2.18 bits per heavy atom. The average molecular weight is 174 g/mol. The van der Waals surface area contributed by atoms with E-state index in [1.807, 2.05) is 0 Å². The molecule has 0 saturated carbocycles. The highest BCUT2D eigenvalue weighted by Gasteiger charge is 1.93. The molecule has 1 rings (SSSR count). The van der Waals surface area contributed by atoms with E-state index in [-0.39, 0.29) is 5.28 Å². The summed E-state index contributed by atoms with van der Waals surface area (Å²) in [6.45, 7) is 0.436. The van der Waals surface area contributed by atoms with Crippen LogP contribution in [0.2, 0.25) is 5.28 Å². The number of nitrogens with zero attached hydrogens (tertiary/aromatic N) is 2. The van der Waals surface area contributed by atoms with Gasteiger partial charge in [0.15, 0.2) is 5.75 Å². The van der Waals surface area contributed by atoms with Crippen LogP contribution in [0.4, 0.5) is 0 Å². The van der Waals surface area contributed by atoms with Gasteiger partial charge >= 0.3 is 0 Å². The number of nitrogens with one attached hydrogen (secondary N) is 1. The minimum atomic E-state index is 0.224. The average Bonchev–Trinajstić information content (AvgIpc) is 2.04. The van der Waals surface area contributed by atoms with Gasteiger partial charge in [0.25, 0.3) is 0 Å². The van der Waals surface area contributed by atoms with E-state index in [9.17, 15) is 0 Å². The van der Waals surface area contributed by atoms with E-state index in [0.717, 1.165) is 0 Å². The van der Waals surface area contributed by atoms with Crippen molar-refractivity contribution in [1.82, 2.24) is 15.3 Å². The summed E-state index contributed by atoms with van der Waals surface area (Å²) >= 11 is 5.45. The van der Waals surface area contributed by atoms with Crippen molar-refractivity contribution < 1.29 is 4.74 Å². The molecule has 0 atom stereocenters. The fourth-order valence-electron chi connectivity index (χ4n) is 0.530. The Hall–Kier alpha value is -0.870. The lowest BCUT2D eigenvalue weighted by Gasteiger charge is -2.02. The van der Waals surface area contributed by atoms with Crippen molar-refractivity contribution in [3.05, 3.63) is 17.7 Å². The predicted molar refractivity (Wildman–Crippen MR) is 41.6 cm³/mol. The molecule has 1 heterocycles. The van der Waals surface area contributed by atoms with Crippen LogP contribution in [0, 0.1) is 0 Å². The molecule has 1 N–H and O–H groups in total. The molecule has 0 saturated heterocycles. The van der Waals surface area contributed by atoms with Gasteiger partial charge in [-0.2, -0.15) is 0 Å². The first-order valence-electron chi connectivity index (χ1n) is 3.08. The van der Waals surface area contributed by atoms with Gasteiger partial charge < -0.3 is 4.74 Å². The van der Waals surface area contributed by atoms with E-state index in [1.165, 1.54) is 12.4 Å². The second-order valence-electron chi connectivity index (χ2n) is 1.83. The van der Waals surface area contributed by atoms with Crippen LogP contribution in [-0.2, 0) is 0 Å². The SMILES string of the molecule is CNCOc1cnc(Cl)nc1. The molecule has 5 heteroatoms. The topological polar surface area (TPSA) is 47.0 Å². The molecule has 0 aliphatic carbocycles. The molecule has 0 bridgehead atoms. The lowest BCUT2D eigenvalue weighted by Crippen LogP contribution is -2.14. The number of halogens is 1. The Morgan fingerprint density at radius 1 is 1.55 bits per heavy atom. The predicted octanol–water partition coefficient (Wildman–Crippen LogP) is 0.686. The van der Waals surface area contributed by atoms with Gasteiger partial charge in [0.2, 0.25) is 5.28 Å². The largest absolute Gasteiger partial charge is 0.475 e. The normalized spacial score (nSPS) is 9.64. The van der Waals surface area contributed by atoms with Gasteiger partial charge in [0.1, 0.15) is 6.73 Å². The third-order valence-electron chi connectivity index (χ3n) is 0.980. The summed E-state index contributed by atoms with van der Waals surface area (Å²) in [4.78, 5) is 7.47. The zero-order chi connectivity index (χ0) is 8.10. The van der Waals surface area contributed by atoms with E-state index in [4.69, 9.17) is 16.3 Å². The Balaban J connectivity index is 2.52. The van der Waals surface area contributed by atoms with Gasteiger partial charge in [-0.1, -0.05) is 0 Å². The summed E-state index contributed by atoms with van der Waals surface area (Å²) in [7, 11) is 1.79. The van der Waals surface area contributed by atoms with Crippen molar-refractivity contribution in [3.8, 4) is 5.75 Å². The van der Waals surface area contributed by atoms with E-state index < -0.39 is 0 Å². The number of aromatic nitrogens is 2. The van der Waals surface area contributed by atoms with Gasteiger partial charge in [-0.25, -0.2) is 9.97 Å². The molecule has 0 fully saturated rings. The van der Waals surface area contributed by atoms with E-state index >= 15 is 0 Å².